The Bertz CT molecular complexity index is 3150. The summed E-state index contributed by atoms with van der Waals surface area (Å²) in [6.45, 7) is 0. The second-order valence-corrected chi connectivity index (χ2v) is 16.0. The van der Waals surface area contributed by atoms with E-state index in [1.54, 1.807) is 0 Å². The van der Waals surface area contributed by atoms with Crippen molar-refractivity contribution >= 4 is 33.4 Å². The van der Waals surface area contributed by atoms with Crippen molar-refractivity contribution < 1.29 is 0 Å². The first-order valence-electron chi connectivity index (χ1n) is 19.6. The van der Waals surface area contributed by atoms with Gasteiger partial charge in [-0.1, -0.05) is 176 Å². The first-order chi connectivity index (χ1) is 28.8. The standard InChI is InChI=1S/C53H32N4S/c1-4-16-33(17-5-1)49-38-29-30-43-48(37-22-10-11-23-40(37)53(43)41-24-12-14-26-45(41)58-46-27-15-13-25-42(46)53)47(38)39-32-36(28-31-44(39)54-49)52-56-50(34-18-6-2-7-19-34)55-51(57-52)35-20-8-3-9-21-35/h1-32H. The van der Waals surface area contributed by atoms with Gasteiger partial charge in [0.15, 0.2) is 17.5 Å². The van der Waals surface area contributed by atoms with E-state index in [1.165, 1.54) is 48.6 Å². The van der Waals surface area contributed by atoms with E-state index in [0.717, 1.165) is 44.2 Å². The van der Waals surface area contributed by atoms with E-state index in [2.05, 4.69) is 133 Å². The summed E-state index contributed by atoms with van der Waals surface area (Å²) in [5.74, 6) is 1.89. The maximum atomic E-state index is 5.44. The van der Waals surface area contributed by atoms with E-state index in [9.17, 15) is 0 Å². The fourth-order valence-corrected chi connectivity index (χ4v) is 10.5. The van der Waals surface area contributed by atoms with E-state index >= 15 is 0 Å². The number of rotatable bonds is 4. The van der Waals surface area contributed by atoms with Crippen LogP contribution in [0, 0.1) is 0 Å². The Kier molecular flexibility index (Phi) is 7.34. The molecule has 0 radical (unpaired) electrons. The first-order valence-corrected chi connectivity index (χ1v) is 20.4. The molecule has 0 amide bonds. The second kappa shape index (κ2) is 12.9. The Hall–Kier alpha value is -7.21. The van der Waals surface area contributed by atoms with Crippen LogP contribution in [0.15, 0.2) is 204 Å². The van der Waals surface area contributed by atoms with Crippen LogP contribution in [0.1, 0.15) is 22.3 Å². The third kappa shape index (κ3) is 4.84. The molecule has 2 aromatic heterocycles. The average Bonchev–Trinajstić information content (AvgIpc) is 3.60. The monoisotopic (exact) mass is 756 g/mol. The molecule has 0 atom stereocenters. The van der Waals surface area contributed by atoms with Gasteiger partial charge in [0.25, 0.3) is 0 Å². The molecule has 3 heterocycles. The zero-order valence-corrected chi connectivity index (χ0v) is 32.0. The molecule has 5 heteroatoms. The van der Waals surface area contributed by atoms with Crippen molar-refractivity contribution in [3.8, 4) is 56.5 Å². The fraction of sp³-hybridized carbons (Fsp3) is 0.0189. The molecule has 58 heavy (non-hydrogen) atoms. The minimum absolute atomic E-state index is 0.498. The molecule has 0 saturated carbocycles. The summed E-state index contributed by atoms with van der Waals surface area (Å²) < 4.78 is 0. The zero-order chi connectivity index (χ0) is 38.2. The van der Waals surface area contributed by atoms with Gasteiger partial charge in [-0.15, -0.1) is 0 Å². The molecule has 270 valence electrons. The van der Waals surface area contributed by atoms with Crippen molar-refractivity contribution in [2.75, 3.05) is 0 Å². The largest absolute Gasteiger partial charge is 0.247 e. The minimum atomic E-state index is -0.498. The molecule has 8 aromatic carbocycles. The lowest BCUT2D eigenvalue weighted by Crippen LogP contribution is -2.31. The summed E-state index contributed by atoms with van der Waals surface area (Å²) in [6, 6.07) is 69.1. The van der Waals surface area contributed by atoms with Gasteiger partial charge in [0, 0.05) is 48.2 Å². The average molecular weight is 757 g/mol. The van der Waals surface area contributed by atoms with Gasteiger partial charge in [0.1, 0.15) is 0 Å². The molecule has 4 nitrogen and oxygen atoms in total. The smallest absolute Gasteiger partial charge is 0.164 e. The van der Waals surface area contributed by atoms with Crippen molar-refractivity contribution in [2.45, 2.75) is 15.2 Å². The first kappa shape index (κ1) is 33.0. The fourth-order valence-electron chi connectivity index (χ4n) is 9.33. The van der Waals surface area contributed by atoms with Crippen LogP contribution in [0.25, 0.3) is 78.2 Å². The zero-order valence-electron chi connectivity index (χ0n) is 31.2. The number of hydrogen-bond acceptors (Lipinski definition) is 5. The Balaban J connectivity index is 1.20. The highest BCUT2D eigenvalue weighted by Gasteiger charge is 2.50. The van der Waals surface area contributed by atoms with Crippen LogP contribution in [0.5, 0.6) is 0 Å². The number of nitrogens with zero attached hydrogens (tertiary/aromatic N) is 4. The number of aromatic nitrogens is 4. The highest BCUT2D eigenvalue weighted by molar-refractivity contribution is 7.99. The highest BCUT2D eigenvalue weighted by Crippen LogP contribution is 2.63. The lowest BCUT2D eigenvalue weighted by molar-refractivity contribution is 0.723. The maximum Gasteiger partial charge on any atom is 0.164 e. The van der Waals surface area contributed by atoms with E-state index < -0.39 is 5.41 Å². The molecular weight excluding hydrogens is 725 g/mol. The highest BCUT2D eigenvalue weighted by atomic mass is 32.2. The van der Waals surface area contributed by atoms with Gasteiger partial charge in [-0.25, -0.2) is 19.9 Å². The summed E-state index contributed by atoms with van der Waals surface area (Å²) >= 11 is 1.87. The van der Waals surface area contributed by atoms with Crippen molar-refractivity contribution in [2.24, 2.45) is 0 Å². The third-order valence-electron chi connectivity index (χ3n) is 11.8. The van der Waals surface area contributed by atoms with Gasteiger partial charge in [-0.3, -0.25) is 0 Å². The molecule has 10 aromatic rings. The summed E-state index contributed by atoms with van der Waals surface area (Å²) in [6.07, 6.45) is 0. The van der Waals surface area contributed by atoms with Crippen LogP contribution in [-0.2, 0) is 5.41 Å². The van der Waals surface area contributed by atoms with Crippen LogP contribution in [0.3, 0.4) is 0 Å². The lowest BCUT2D eigenvalue weighted by Gasteiger charge is -2.39. The van der Waals surface area contributed by atoms with Crippen LogP contribution in [0.2, 0.25) is 0 Å². The number of benzene rings is 8. The molecular formula is C53H32N4S. The van der Waals surface area contributed by atoms with Crippen molar-refractivity contribution in [3.05, 3.63) is 216 Å². The molecule has 1 aliphatic carbocycles. The van der Waals surface area contributed by atoms with Crippen molar-refractivity contribution in [1.82, 2.24) is 19.9 Å². The van der Waals surface area contributed by atoms with Crippen molar-refractivity contribution in [1.29, 1.82) is 0 Å². The Labute approximate surface area is 340 Å². The van der Waals surface area contributed by atoms with Crippen LogP contribution in [0.4, 0.5) is 0 Å². The molecule has 0 fully saturated rings. The molecule has 0 saturated heterocycles. The SMILES string of the molecule is c1ccc(-c2nc(-c3ccccc3)nc(-c3ccc4nc(-c5ccccc5)c5ccc6c(c5c4c3)-c3ccccc3C63c4ccccc4Sc4ccccc43)n2)cc1. The van der Waals surface area contributed by atoms with E-state index in [-0.39, 0.29) is 0 Å². The number of pyridine rings is 1. The molecule has 1 aliphatic heterocycles. The molecule has 0 N–H and O–H groups in total. The van der Waals surface area contributed by atoms with Gasteiger partial charge >= 0.3 is 0 Å². The van der Waals surface area contributed by atoms with Crippen LogP contribution < -0.4 is 0 Å². The lowest BCUT2D eigenvalue weighted by atomic mass is 9.67. The van der Waals surface area contributed by atoms with Gasteiger partial charge in [-0.05, 0) is 63.7 Å². The van der Waals surface area contributed by atoms with Crippen LogP contribution >= 0.6 is 11.8 Å². The summed E-state index contributed by atoms with van der Waals surface area (Å²) in [5.41, 5.74) is 13.0. The second-order valence-electron chi connectivity index (χ2n) is 14.9. The molecule has 1 spiro atoms. The van der Waals surface area contributed by atoms with Gasteiger partial charge in [0.05, 0.1) is 16.6 Å². The van der Waals surface area contributed by atoms with E-state index in [1.807, 2.05) is 72.4 Å². The Morgan fingerprint density at radius 3 is 1.50 bits per heavy atom. The summed E-state index contributed by atoms with van der Waals surface area (Å²) in [5, 5.41) is 3.35. The normalized spacial score (nSPS) is 13.2. The molecule has 0 bridgehead atoms. The van der Waals surface area contributed by atoms with Crippen LogP contribution in [-0.4, -0.2) is 19.9 Å². The Morgan fingerprint density at radius 2 is 0.879 bits per heavy atom. The van der Waals surface area contributed by atoms with Gasteiger partial charge in [0.2, 0.25) is 0 Å². The topological polar surface area (TPSA) is 51.6 Å². The third-order valence-corrected chi connectivity index (χ3v) is 12.9. The number of hydrogen-bond donors (Lipinski definition) is 0. The van der Waals surface area contributed by atoms with E-state index in [4.69, 9.17) is 19.9 Å². The summed E-state index contributed by atoms with van der Waals surface area (Å²) in [7, 11) is 0. The quantitative estimate of drug-likeness (QED) is 0.167. The molecule has 2 aliphatic rings. The van der Waals surface area contributed by atoms with E-state index in [0.29, 0.717) is 17.5 Å². The number of fused-ring (bicyclic) bond motifs is 13. The van der Waals surface area contributed by atoms with Gasteiger partial charge in [-0.2, -0.15) is 0 Å². The molecule has 0 unspecified atom stereocenters. The predicted molar refractivity (Wildman–Crippen MR) is 236 cm³/mol. The minimum Gasteiger partial charge on any atom is -0.247 e. The Morgan fingerprint density at radius 1 is 0.362 bits per heavy atom. The van der Waals surface area contributed by atoms with Gasteiger partial charge < -0.3 is 0 Å². The molecule has 12 rings (SSSR count). The maximum absolute atomic E-state index is 5.44. The summed E-state index contributed by atoms with van der Waals surface area (Å²) in [4.78, 5) is 23.3. The van der Waals surface area contributed by atoms with Crippen molar-refractivity contribution in [3.63, 3.8) is 0 Å². The predicted octanol–water partition coefficient (Wildman–Crippen LogP) is 13.1.